The minimum absolute atomic E-state index is 0.0952. The van der Waals surface area contributed by atoms with Crippen molar-refractivity contribution in [3.63, 3.8) is 0 Å². The lowest BCUT2D eigenvalue weighted by molar-refractivity contribution is -0.130. The monoisotopic (exact) mass is 464 g/mol. The van der Waals surface area contributed by atoms with E-state index in [9.17, 15) is 9.59 Å². The zero-order valence-corrected chi connectivity index (χ0v) is 17.9. The SMILES string of the molecule is O=C(Nc1ccc(Br)cn1)C1CCCN(C(=O)C=Cc2cccc3cccnc23)C1. The van der Waals surface area contributed by atoms with Crippen LogP contribution in [0.15, 0.2) is 65.4 Å². The standard InChI is InChI=1S/C23H21BrN4O2/c24-19-9-10-20(26-14-19)27-23(30)18-7-3-13-28(15-18)21(29)11-8-17-5-1-4-16-6-2-12-25-22(16)17/h1-2,4-6,8-12,14,18H,3,7,13,15H2,(H,26,27,30). The summed E-state index contributed by atoms with van der Waals surface area (Å²) in [5.74, 6) is 0.0579. The molecule has 1 aromatic carbocycles. The van der Waals surface area contributed by atoms with Crippen LogP contribution in [0, 0.1) is 5.92 Å². The normalized spacial score (nSPS) is 16.7. The number of benzene rings is 1. The van der Waals surface area contributed by atoms with E-state index in [0.29, 0.717) is 18.9 Å². The molecular weight excluding hydrogens is 444 g/mol. The van der Waals surface area contributed by atoms with Crippen molar-refractivity contribution in [1.82, 2.24) is 14.9 Å². The molecule has 0 aliphatic carbocycles. The molecule has 1 atom stereocenters. The molecule has 1 aliphatic heterocycles. The fourth-order valence-corrected chi connectivity index (χ4v) is 3.83. The van der Waals surface area contributed by atoms with Crippen LogP contribution in [0.2, 0.25) is 0 Å². The molecule has 0 bridgehead atoms. The zero-order chi connectivity index (χ0) is 20.9. The van der Waals surface area contributed by atoms with Crippen molar-refractivity contribution in [2.75, 3.05) is 18.4 Å². The molecule has 1 aliphatic rings. The van der Waals surface area contributed by atoms with Gasteiger partial charge in [0, 0.05) is 47.0 Å². The average molecular weight is 465 g/mol. The van der Waals surface area contributed by atoms with E-state index in [0.717, 1.165) is 33.8 Å². The summed E-state index contributed by atoms with van der Waals surface area (Å²) in [6, 6.07) is 13.3. The van der Waals surface area contributed by atoms with Crippen LogP contribution in [-0.4, -0.2) is 39.8 Å². The molecule has 1 saturated heterocycles. The number of pyridine rings is 2. The van der Waals surface area contributed by atoms with Gasteiger partial charge < -0.3 is 10.2 Å². The minimum Gasteiger partial charge on any atom is -0.338 e. The van der Waals surface area contributed by atoms with E-state index in [2.05, 4.69) is 31.2 Å². The van der Waals surface area contributed by atoms with Crippen molar-refractivity contribution in [1.29, 1.82) is 0 Å². The third kappa shape index (κ3) is 4.74. The van der Waals surface area contributed by atoms with Crippen LogP contribution in [0.1, 0.15) is 18.4 Å². The van der Waals surface area contributed by atoms with E-state index < -0.39 is 0 Å². The third-order valence-electron chi connectivity index (χ3n) is 5.15. The summed E-state index contributed by atoms with van der Waals surface area (Å²) in [6.07, 6.45) is 8.30. The summed E-state index contributed by atoms with van der Waals surface area (Å²) in [5, 5.41) is 3.87. The van der Waals surface area contributed by atoms with Gasteiger partial charge in [0.2, 0.25) is 11.8 Å². The van der Waals surface area contributed by atoms with Crippen molar-refractivity contribution in [2.24, 2.45) is 5.92 Å². The van der Waals surface area contributed by atoms with Gasteiger partial charge in [-0.1, -0.05) is 24.3 Å². The van der Waals surface area contributed by atoms with Gasteiger partial charge in [-0.3, -0.25) is 14.6 Å². The first kappa shape index (κ1) is 20.2. The minimum atomic E-state index is -0.249. The highest BCUT2D eigenvalue weighted by Crippen LogP contribution is 2.21. The largest absolute Gasteiger partial charge is 0.338 e. The summed E-state index contributed by atoms with van der Waals surface area (Å²) < 4.78 is 0.850. The summed E-state index contributed by atoms with van der Waals surface area (Å²) in [7, 11) is 0. The second-order valence-corrected chi connectivity index (χ2v) is 8.15. The molecule has 1 N–H and O–H groups in total. The number of amides is 2. The first-order valence-electron chi connectivity index (χ1n) is 9.83. The predicted molar refractivity (Wildman–Crippen MR) is 121 cm³/mol. The number of hydrogen-bond donors (Lipinski definition) is 1. The first-order valence-corrected chi connectivity index (χ1v) is 10.6. The van der Waals surface area contributed by atoms with Gasteiger partial charge in [-0.25, -0.2) is 4.98 Å². The van der Waals surface area contributed by atoms with Gasteiger partial charge >= 0.3 is 0 Å². The van der Waals surface area contributed by atoms with E-state index in [1.807, 2.05) is 36.4 Å². The number of hydrogen-bond acceptors (Lipinski definition) is 4. The molecule has 0 saturated carbocycles. The summed E-state index contributed by atoms with van der Waals surface area (Å²) in [6.45, 7) is 1.05. The average Bonchev–Trinajstić information content (AvgIpc) is 2.79. The number of fused-ring (bicyclic) bond motifs is 1. The molecule has 7 heteroatoms. The molecule has 3 heterocycles. The van der Waals surface area contributed by atoms with Crippen LogP contribution in [0.5, 0.6) is 0 Å². The maximum absolute atomic E-state index is 12.7. The smallest absolute Gasteiger partial charge is 0.246 e. The van der Waals surface area contributed by atoms with Crippen LogP contribution in [-0.2, 0) is 9.59 Å². The number of nitrogens with zero attached hydrogens (tertiary/aromatic N) is 3. The molecule has 152 valence electrons. The Hall–Kier alpha value is -3.06. The van der Waals surface area contributed by atoms with Crippen molar-refractivity contribution < 1.29 is 9.59 Å². The first-order chi connectivity index (χ1) is 14.6. The zero-order valence-electron chi connectivity index (χ0n) is 16.3. The highest BCUT2D eigenvalue weighted by Gasteiger charge is 2.27. The number of carbonyl (C=O) groups excluding carboxylic acids is 2. The molecule has 6 nitrogen and oxygen atoms in total. The van der Waals surface area contributed by atoms with Crippen LogP contribution < -0.4 is 5.32 Å². The van der Waals surface area contributed by atoms with E-state index >= 15 is 0 Å². The van der Waals surface area contributed by atoms with E-state index in [1.54, 1.807) is 35.5 Å². The Balaban J connectivity index is 1.41. The fraction of sp³-hybridized carbons (Fsp3) is 0.217. The highest BCUT2D eigenvalue weighted by molar-refractivity contribution is 9.10. The van der Waals surface area contributed by atoms with Crippen LogP contribution in [0.25, 0.3) is 17.0 Å². The number of halogens is 1. The van der Waals surface area contributed by atoms with Crippen molar-refractivity contribution in [3.8, 4) is 0 Å². The molecule has 2 amide bonds. The Morgan fingerprint density at radius 1 is 1.13 bits per heavy atom. The molecule has 30 heavy (non-hydrogen) atoms. The Morgan fingerprint density at radius 2 is 2.00 bits per heavy atom. The van der Waals surface area contributed by atoms with Crippen LogP contribution in [0.3, 0.4) is 0 Å². The molecule has 1 fully saturated rings. The number of anilines is 1. The van der Waals surface area contributed by atoms with Gasteiger partial charge in [-0.2, -0.15) is 0 Å². The van der Waals surface area contributed by atoms with E-state index in [-0.39, 0.29) is 17.7 Å². The van der Waals surface area contributed by atoms with E-state index in [4.69, 9.17) is 0 Å². The summed E-state index contributed by atoms with van der Waals surface area (Å²) in [4.78, 5) is 35.7. The highest BCUT2D eigenvalue weighted by atomic mass is 79.9. The van der Waals surface area contributed by atoms with Crippen molar-refractivity contribution >= 4 is 50.5 Å². The van der Waals surface area contributed by atoms with Crippen molar-refractivity contribution in [3.05, 3.63) is 71.0 Å². The summed E-state index contributed by atoms with van der Waals surface area (Å²) in [5.41, 5.74) is 1.76. The lowest BCUT2D eigenvalue weighted by atomic mass is 9.97. The predicted octanol–water partition coefficient (Wildman–Crippen LogP) is 4.28. The Bertz CT molecular complexity index is 1090. The topological polar surface area (TPSA) is 75.2 Å². The maximum Gasteiger partial charge on any atom is 0.246 e. The van der Waals surface area contributed by atoms with Gasteiger partial charge in [-0.15, -0.1) is 0 Å². The molecule has 0 spiro atoms. The van der Waals surface area contributed by atoms with Crippen LogP contribution in [0.4, 0.5) is 5.82 Å². The van der Waals surface area contributed by atoms with Gasteiger partial charge in [0.15, 0.2) is 0 Å². The summed E-state index contributed by atoms with van der Waals surface area (Å²) >= 11 is 3.33. The molecule has 0 radical (unpaired) electrons. The maximum atomic E-state index is 12.7. The molecule has 1 unspecified atom stereocenters. The number of nitrogens with one attached hydrogen (secondary N) is 1. The van der Waals surface area contributed by atoms with Crippen LogP contribution >= 0.6 is 15.9 Å². The van der Waals surface area contributed by atoms with Crippen molar-refractivity contribution in [2.45, 2.75) is 12.8 Å². The second kappa shape index (κ2) is 9.17. The second-order valence-electron chi connectivity index (χ2n) is 7.23. The number of rotatable bonds is 4. The number of para-hydroxylation sites is 1. The van der Waals surface area contributed by atoms with Gasteiger partial charge in [0.05, 0.1) is 11.4 Å². The van der Waals surface area contributed by atoms with Gasteiger partial charge in [-0.05, 0) is 53.0 Å². The number of likely N-dealkylation sites (tertiary alicyclic amines) is 1. The van der Waals surface area contributed by atoms with Gasteiger partial charge in [0.25, 0.3) is 0 Å². The lowest BCUT2D eigenvalue weighted by Gasteiger charge is -2.31. The quantitative estimate of drug-likeness (QED) is 0.584. The molecular formula is C23H21BrN4O2. The Morgan fingerprint density at radius 3 is 2.83 bits per heavy atom. The fourth-order valence-electron chi connectivity index (χ4n) is 3.60. The van der Waals surface area contributed by atoms with Gasteiger partial charge in [0.1, 0.15) is 5.82 Å². The Kier molecular flexibility index (Phi) is 6.18. The van der Waals surface area contributed by atoms with E-state index in [1.165, 1.54) is 0 Å². The number of aromatic nitrogens is 2. The lowest BCUT2D eigenvalue weighted by Crippen LogP contribution is -2.43. The number of carbonyl (C=O) groups is 2. The number of piperidine rings is 1. The molecule has 2 aromatic heterocycles. The molecule has 3 aromatic rings. The Labute approximate surface area is 183 Å². The molecule has 4 rings (SSSR count). The third-order valence-corrected chi connectivity index (χ3v) is 5.62.